The fourth-order valence-corrected chi connectivity index (χ4v) is 5.51. The number of pyridine rings is 1. The lowest BCUT2D eigenvalue weighted by Gasteiger charge is -2.38. The molecule has 0 unspecified atom stereocenters. The third kappa shape index (κ3) is 3.16. The number of aromatic nitrogens is 1. The van der Waals surface area contributed by atoms with Crippen LogP contribution in [0.1, 0.15) is 19.3 Å². The maximum atomic E-state index is 12.8. The summed E-state index contributed by atoms with van der Waals surface area (Å²) in [6, 6.07) is 12.8. The van der Waals surface area contributed by atoms with Gasteiger partial charge in [0.25, 0.3) is 0 Å². The van der Waals surface area contributed by atoms with E-state index in [1.807, 2.05) is 18.3 Å². The lowest BCUT2D eigenvalue weighted by molar-refractivity contribution is 0.177. The van der Waals surface area contributed by atoms with E-state index in [0.29, 0.717) is 18.0 Å². The smallest absolute Gasteiger partial charge is 0.243 e. The monoisotopic (exact) mass is 357 g/mol. The van der Waals surface area contributed by atoms with Crippen LogP contribution < -0.4 is 4.90 Å². The predicted molar refractivity (Wildman–Crippen MR) is 97.9 cm³/mol. The summed E-state index contributed by atoms with van der Waals surface area (Å²) < 4.78 is 27.2. The Morgan fingerprint density at radius 3 is 2.32 bits per heavy atom. The molecule has 0 N–H and O–H groups in total. The summed E-state index contributed by atoms with van der Waals surface area (Å²) >= 11 is 0. The molecule has 1 aromatic heterocycles. The molecule has 0 saturated carbocycles. The molecule has 25 heavy (non-hydrogen) atoms. The topological polar surface area (TPSA) is 53.5 Å². The van der Waals surface area contributed by atoms with E-state index in [1.54, 1.807) is 34.8 Å². The number of anilines is 1. The summed E-state index contributed by atoms with van der Waals surface area (Å²) in [6.45, 7) is 3.24. The van der Waals surface area contributed by atoms with Gasteiger partial charge in [0, 0.05) is 32.4 Å². The van der Waals surface area contributed by atoms with Crippen LogP contribution in [0.2, 0.25) is 0 Å². The Hall–Kier alpha value is -1.92. The molecule has 6 heteroatoms. The quantitative estimate of drug-likeness (QED) is 0.848. The molecule has 0 aliphatic carbocycles. The summed E-state index contributed by atoms with van der Waals surface area (Å²) in [5, 5.41) is 0. The minimum absolute atomic E-state index is 0.235. The van der Waals surface area contributed by atoms with Crippen molar-refractivity contribution in [1.82, 2.24) is 9.29 Å². The molecule has 2 aliphatic rings. The minimum Gasteiger partial charge on any atom is -0.370 e. The third-order valence-corrected chi connectivity index (χ3v) is 7.53. The number of hydrogen-bond acceptors (Lipinski definition) is 4. The molecule has 1 aromatic carbocycles. The Kier molecular flexibility index (Phi) is 4.25. The van der Waals surface area contributed by atoms with Gasteiger partial charge in [0.15, 0.2) is 0 Å². The Balaban J connectivity index is 1.44. The van der Waals surface area contributed by atoms with Crippen molar-refractivity contribution in [3.63, 3.8) is 0 Å². The van der Waals surface area contributed by atoms with E-state index in [0.717, 1.165) is 32.4 Å². The van der Waals surface area contributed by atoms with Crippen molar-refractivity contribution in [2.24, 2.45) is 5.41 Å². The summed E-state index contributed by atoms with van der Waals surface area (Å²) in [4.78, 5) is 6.99. The second-order valence-electron chi connectivity index (χ2n) is 7.10. The van der Waals surface area contributed by atoms with Crippen LogP contribution in [0, 0.1) is 5.41 Å². The first-order valence-electron chi connectivity index (χ1n) is 8.79. The minimum atomic E-state index is -3.36. The Morgan fingerprint density at radius 1 is 0.920 bits per heavy atom. The van der Waals surface area contributed by atoms with E-state index in [1.165, 1.54) is 5.69 Å². The highest BCUT2D eigenvalue weighted by molar-refractivity contribution is 7.89. The predicted octanol–water partition coefficient (Wildman–Crippen LogP) is 2.76. The van der Waals surface area contributed by atoms with Crippen LogP contribution in [0.5, 0.6) is 0 Å². The van der Waals surface area contributed by atoms with Crippen LogP contribution >= 0.6 is 0 Å². The Labute approximate surface area is 149 Å². The molecular weight excluding hydrogens is 334 g/mol. The maximum Gasteiger partial charge on any atom is 0.243 e. The van der Waals surface area contributed by atoms with Crippen LogP contribution in [0.4, 0.5) is 5.69 Å². The normalized spacial score (nSPS) is 20.9. The number of benzene rings is 1. The van der Waals surface area contributed by atoms with Gasteiger partial charge in [-0.15, -0.1) is 0 Å². The first-order chi connectivity index (χ1) is 12.1. The van der Waals surface area contributed by atoms with Crippen LogP contribution in [0.25, 0.3) is 0 Å². The fourth-order valence-electron chi connectivity index (χ4n) is 4.05. The van der Waals surface area contributed by atoms with E-state index in [4.69, 9.17) is 0 Å². The van der Waals surface area contributed by atoms with Gasteiger partial charge >= 0.3 is 0 Å². The largest absolute Gasteiger partial charge is 0.370 e. The van der Waals surface area contributed by atoms with Crippen molar-refractivity contribution in [1.29, 1.82) is 0 Å². The molecule has 2 aromatic rings. The Morgan fingerprint density at radius 2 is 1.64 bits per heavy atom. The Bertz CT molecular complexity index is 816. The molecule has 5 nitrogen and oxygen atoms in total. The molecule has 0 bridgehead atoms. The van der Waals surface area contributed by atoms with Crippen molar-refractivity contribution in [3.8, 4) is 0 Å². The summed E-state index contributed by atoms with van der Waals surface area (Å²) in [5.41, 5.74) is 1.40. The fraction of sp³-hybridized carbons (Fsp3) is 0.421. The summed E-state index contributed by atoms with van der Waals surface area (Å²) in [5.74, 6) is 0. The molecule has 3 heterocycles. The van der Waals surface area contributed by atoms with Gasteiger partial charge in [-0.05, 0) is 48.9 Å². The summed E-state index contributed by atoms with van der Waals surface area (Å²) in [7, 11) is -3.36. The van der Waals surface area contributed by atoms with Gasteiger partial charge < -0.3 is 4.90 Å². The van der Waals surface area contributed by atoms with Crippen molar-refractivity contribution in [2.75, 3.05) is 31.1 Å². The molecule has 2 aliphatic heterocycles. The van der Waals surface area contributed by atoms with Gasteiger partial charge in [0.2, 0.25) is 10.0 Å². The second kappa shape index (κ2) is 6.42. The summed E-state index contributed by atoms with van der Waals surface area (Å²) in [6.07, 6.45) is 6.68. The molecule has 4 rings (SSSR count). The average Bonchev–Trinajstić information content (AvgIpc) is 3.07. The van der Waals surface area contributed by atoms with E-state index < -0.39 is 10.0 Å². The number of piperidine rings is 1. The first kappa shape index (κ1) is 16.5. The van der Waals surface area contributed by atoms with Crippen molar-refractivity contribution < 1.29 is 8.42 Å². The van der Waals surface area contributed by atoms with E-state index in [-0.39, 0.29) is 5.41 Å². The van der Waals surface area contributed by atoms with Crippen molar-refractivity contribution in [3.05, 3.63) is 54.9 Å². The molecule has 0 atom stereocenters. The molecule has 0 radical (unpaired) electrons. The van der Waals surface area contributed by atoms with Crippen molar-refractivity contribution >= 4 is 15.7 Å². The maximum absolute atomic E-state index is 12.8. The first-order valence-corrected chi connectivity index (χ1v) is 10.2. The van der Waals surface area contributed by atoms with Crippen LogP contribution in [0.3, 0.4) is 0 Å². The third-order valence-electron chi connectivity index (χ3n) is 5.61. The van der Waals surface area contributed by atoms with Crippen LogP contribution in [0.15, 0.2) is 59.8 Å². The highest BCUT2D eigenvalue weighted by Gasteiger charge is 2.43. The number of nitrogens with zero attached hydrogens (tertiary/aromatic N) is 3. The SMILES string of the molecule is O=S(=O)(c1ccccc1)N1CCC2(CCN(c3cccnc3)C2)CC1. The van der Waals surface area contributed by atoms with Gasteiger partial charge in [-0.2, -0.15) is 4.31 Å². The lowest BCUT2D eigenvalue weighted by Crippen LogP contribution is -2.44. The molecule has 1 spiro atoms. The number of sulfonamides is 1. The molecule has 0 amide bonds. The van der Waals surface area contributed by atoms with Crippen LogP contribution in [-0.2, 0) is 10.0 Å². The van der Waals surface area contributed by atoms with Gasteiger partial charge in [0.05, 0.1) is 16.8 Å². The number of hydrogen-bond donors (Lipinski definition) is 0. The highest BCUT2D eigenvalue weighted by atomic mass is 32.2. The second-order valence-corrected chi connectivity index (χ2v) is 9.04. The van der Waals surface area contributed by atoms with E-state index in [9.17, 15) is 8.42 Å². The standard InChI is InChI=1S/C19H23N3O2S/c23-25(24,18-6-2-1-3-7-18)22-13-9-19(10-14-22)8-12-21(16-19)17-5-4-11-20-15-17/h1-7,11,15H,8-10,12-14,16H2. The zero-order chi connectivity index (χ0) is 17.3. The molecule has 2 saturated heterocycles. The zero-order valence-corrected chi connectivity index (χ0v) is 15.0. The molecule has 132 valence electrons. The van der Waals surface area contributed by atoms with Crippen molar-refractivity contribution in [2.45, 2.75) is 24.2 Å². The van der Waals surface area contributed by atoms with Crippen LogP contribution in [-0.4, -0.2) is 43.9 Å². The van der Waals surface area contributed by atoms with E-state index in [2.05, 4.69) is 16.0 Å². The lowest BCUT2D eigenvalue weighted by atomic mass is 9.78. The molecule has 2 fully saturated rings. The van der Waals surface area contributed by atoms with Gasteiger partial charge in [0.1, 0.15) is 0 Å². The zero-order valence-electron chi connectivity index (χ0n) is 14.2. The van der Waals surface area contributed by atoms with Gasteiger partial charge in [-0.1, -0.05) is 18.2 Å². The van der Waals surface area contributed by atoms with E-state index >= 15 is 0 Å². The number of rotatable bonds is 3. The van der Waals surface area contributed by atoms with Gasteiger partial charge in [-0.3, -0.25) is 4.98 Å². The highest BCUT2D eigenvalue weighted by Crippen LogP contribution is 2.42. The van der Waals surface area contributed by atoms with Gasteiger partial charge in [-0.25, -0.2) is 8.42 Å². The average molecular weight is 357 g/mol. The molecular formula is C19H23N3O2S.